The van der Waals surface area contributed by atoms with Crippen molar-refractivity contribution in [2.45, 2.75) is 50.5 Å². The van der Waals surface area contributed by atoms with Crippen LogP contribution in [0.4, 0.5) is 0 Å². The first-order valence-electron chi connectivity index (χ1n) is 12.7. The van der Waals surface area contributed by atoms with Crippen LogP contribution in [0.5, 0.6) is 5.75 Å². The summed E-state index contributed by atoms with van der Waals surface area (Å²) in [6, 6.07) is 27.6. The first-order valence-corrected chi connectivity index (χ1v) is 12.7. The summed E-state index contributed by atoms with van der Waals surface area (Å²) >= 11 is 0. The van der Waals surface area contributed by atoms with E-state index in [0.29, 0.717) is 19.8 Å². The van der Waals surface area contributed by atoms with Crippen LogP contribution in [0.2, 0.25) is 0 Å². The van der Waals surface area contributed by atoms with Gasteiger partial charge in [0.05, 0.1) is 33.5 Å². The number of aliphatic hydroxyl groups is 1. The van der Waals surface area contributed by atoms with E-state index in [-0.39, 0.29) is 6.61 Å². The molecule has 0 spiro atoms. The maximum Gasteiger partial charge on any atom is 0.186 e. The Balaban J connectivity index is 1.60. The minimum atomic E-state index is -0.700. The molecule has 4 rings (SSSR count). The van der Waals surface area contributed by atoms with E-state index >= 15 is 0 Å². The molecule has 1 aliphatic rings. The standard InChI is InChI=1S/C31H36O7/c1-33-26-17-15-25(16-18-26)22-35-28-27(14-9-19-32)38-31(34-2)30(37-21-24-12-7-4-8-13-24)29(28)36-20-23-10-5-3-6-11-23/h3-18,27-32H,19-22H2,1-2H3/b14-9+/t27-,28-,29+,30-,31+/m1/s1. The SMILES string of the molecule is COc1ccc(CO[C@H]2[C@H](OCc3ccccc3)[C@@H](OCc3ccccc3)[C@@H](OC)O[C@@H]2/C=C/CO)cc1. The summed E-state index contributed by atoms with van der Waals surface area (Å²) in [5.74, 6) is 0.778. The average molecular weight is 521 g/mol. The largest absolute Gasteiger partial charge is 0.497 e. The van der Waals surface area contributed by atoms with Crippen LogP contribution in [0, 0.1) is 0 Å². The Morgan fingerprint density at radius 3 is 1.74 bits per heavy atom. The van der Waals surface area contributed by atoms with Crippen LogP contribution in [-0.4, -0.2) is 56.6 Å². The van der Waals surface area contributed by atoms with Crippen molar-refractivity contribution in [3.8, 4) is 5.75 Å². The normalized spacial score (nSPS) is 23.5. The molecule has 1 heterocycles. The van der Waals surface area contributed by atoms with Crippen molar-refractivity contribution < 1.29 is 33.5 Å². The van der Waals surface area contributed by atoms with Crippen molar-refractivity contribution in [1.29, 1.82) is 0 Å². The number of aliphatic hydroxyl groups excluding tert-OH is 1. The van der Waals surface area contributed by atoms with Gasteiger partial charge in [-0.15, -0.1) is 0 Å². The summed E-state index contributed by atoms with van der Waals surface area (Å²) in [6.07, 6.45) is 0.581. The van der Waals surface area contributed by atoms with Crippen LogP contribution in [0.15, 0.2) is 97.1 Å². The van der Waals surface area contributed by atoms with E-state index in [1.165, 1.54) is 0 Å². The quantitative estimate of drug-likeness (QED) is 0.328. The number of benzene rings is 3. The maximum absolute atomic E-state index is 9.46. The minimum Gasteiger partial charge on any atom is -0.497 e. The van der Waals surface area contributed by atoms with Crippen LogP contribution >= 0.6 is 0 Å². The summed E-state index contributed by atoms with van der Waals surface area (Å²) in [5.41, 5.74) is 3.04. The van der Waals surface area contributed by atoms with E-state index in [4.69, 9.17) is 28.4 Å². The van der Waals surface area contributed by atoms with Crippen molar-refractivity contribution in [2.24, 2.45) is 0 Å². The summed E-state index contributed by atoms with van der Waals surface area (Å²) in [5, 5.41) is 9.46. The second kappa shape index (κ2) is 14.8. The highest BCUT2D eigenvalue weighted by molar-refractivity contribution is 5.26. The summed E-state index contributed by atoms with van der Waals surface area (Å²) in [7, 11) is 3.22. The summed E-state index contributed by atoms with van der Waals surface area (Å²) < 4.78 is 36.7. The van der Waals surface area contributed by atoms with Gasteiger partial charge in [-0.1, -0.05) is 84.9 Å². The topological polar surface area (TPSA) is 75.6 Å². The zero-order valence-corrected chi connectivity index (χ0v) is 21.8. The number of hydrogen-bond donors (Lipinski definition) is 1. The predicted molar refractivity (Wildman–Crippen MR) is 144 cm³/mol. The van der Waals surface area contributed by atoms with E-state index in [9.17, 15) is 5.11 Å². The van der Waals surface area contributed by atoms with Gasteiger partial charge in [-0.2, -0.15) is 0 Å². The van der Waals surface area contributed by atoms with E-state index < -0.39 is 30.7 Å². The lowest BCUT2D eigenvalue weighted by Gasteiger charge is -2.45. The first kappa shape index (κ1) is 28.0. The predicted octanol–water partition coefficient (Wildman–Crippen LogP) is 4.67. The van der Waals surface area contributed by atoms with Crippen molar-refractivity contribution >= 4 is 0 Å². The third kappa shape index (κ3) is 7.74. The Hall–Kier alpha value is -3.04. The molecule has 0 saturated carbocycles. The molecule has 0 unspecified atom stereocenters. The molecule has 0 aromatic heterocycles. The van der Waals surface area contributed by atoms with Gasteiger partial charge >= 0.3 is 0 Å². The Kier molecular flexibility index (Phi) is 10.9. The summed E-state index contributed by atoms with van der Waals surface area (Å²) in [6.45, 7) is 0.941. The number of hydrogen-bond acceptors (Lipinski definition) is 7. The first-order chi connectivity index (χ1) is 18.7. The smallest absolute Gasteiger partial charge is 0.186 e. The molecule has 3 aromatic rings. The zero-order valence-electron chi connectivity index (χ0n) is 21.8. The molecule has 3 aromatic carbocycles. The molecule has 0 amide bonds. The van der Waals surface area contributed by atoms with E-state index in [0.717, 1.165) is 22.4 Å². The highest BCUT2D eigenvalue weighted by Gasteiger charge is 2.47. The van der Waals surface area contributed by atoms with Crippen molar-refractivity contribution in [3.05, 3.63) is 114 Å². The molecule has 0 radical (unpaired) electrons. The van der Waals surface area contributed by atoms with E-state index in [2.05, 4.69) is 0 Å². The minimum absolute atomic E-state index is 0.119. The van der Waals surface area contributed by atoms with Crippen molar-refractivity contribution in [2.75, 3.05) is 20.8 Å². The molecule has 1 aliphatic heterocycles. The molecule has 0 aliphatic carbocycles. The molecule has 1 saturated heterocycles. The summed E-state index contributed by atoms with van der Waals surface area (Å²) in [4.78, 5) is 0. The molecule has 5 atom stereocenters. The van der Waals surface area contributed by atoms with Crippen molar-refractivity contribution in [3.63, 3.8) is 0 Å². The van der Waals surface area contributed by atoms with Crippen LogP contribution in [-0.2, 0) is 43.5 Å². The molecule has 202 valence electrons. The number of ether oxygens (including phenoxy) is 6. The molecule has 1 N–H and O–H groups in total. The van der Waals surface area contributed by atoms with Crippen LogP contribution < -0.4 is 4.74 Å². The molecule has 7 heteroatoms. The lowest BCUT2D eigenvalue weighted by molar-refractivity contribution is -0.309. The van der Waals surface area contributed by atoms with Crippen LogP contribution in [0.3, 0.4) is 0 Å². The second-order valence-electron chi connectivity index (χ2n) is 8.96. The fourth-order valence-electron chi connectivity index (χ4n) is 4.38. The lowest BCUT2D eigenvalue weighted by atomic mass is 9.97. The lowest BCUT2D eigenvalue weighted by Crippen LogP contribution is -2.60. The van der Waals surface area contributed by atoms with Gasteiger partial charge in [0.15, 0.2) is 6.29 Å². The van der Waals surface area contributed by atoms with Gasteiger partial charge in [0.25, 0.3) is 0 Å². The van der Waals surface area contributed by atoms with Crippen LogP contribution in [0.1, 0.15) is 16.7 Å². The van der Waals surface area contributed by atoms with E-state index in [1.807, 2.05) is 84.9 Å². The average Bonchev–Trinajstić information content (AvgIpc) is 2.98. The fourth-order valence-corrected chi connectivity index (χ4v) is 4.38. The molecular weight excluding hydrogens is 484 g/mol. The third-order valence-corrected chi connectivity index (χ3v) is 6.37. The Labute approximate surface area is 224 Å². The molecule has 1 fully saturated rings. The van der Waals surface area contributed by atoms with E-state index in [1.54, 1.807) is 26.4 Å². The maximum atomic E-state index is 9.46. The molecule has 38 heavy (non-hydrogen) atoms. The van der Waals surface area contributed by atoms with Gasteiger partial charge in [0, 0.05) is 7.11 Å². The Morgan fingerprint density at radius 2 is 1.21 bits per heavy atom. The number of rotatable bonds is 13. The Bertz CT molecular complexity index is 1090. The van der Waals surface area contributed by atoms with Gasteiger partial charge in [0.2, 0.25) is 0 Å². The fraction of sp³-hybridized carbons (Fsp3) is 0.355. The monoisotopic (exact) mass is 520 g/mol. The van der Waals surface area contributed by atoms with Gasteiger partial charge in [-0.25, -0.2) is 0 Å². The third-order valence-electron chi connectivity index (χ3n) is 6.37. The highest BCUT2D eigenvalue weighted by Crippen LogP contribution is 2.31. The van der Waals surface area contributed by atoms with Crippen LogP contribution in [0.25, 0.3) is 0 Å². The molecular formula is C31H36O7. The Morgan fingerprint density at radius 1 is 0.684 bits per heavy atom. The molecule has 7 nitrogen and oxygen atoms in total. The van der Waals surface area contributed by atoms with Crippen molar-refractivity contribution in [1.82, 2.24) is 0 Å². The highest BCUT2D eigenvalue weighted by atomic mass is 16.7. The van der Waals surface area contributed by atoms with Gasteiger partial charge in [-0.05, 0) is 28.8 Å². The van der Waals surface area contributed by atoms with Gasteiger partial charge < -0.3 is 33.5 Å². The zero-order chi connectivity index (χ0) is 26.6. The van der Waals surface area contributed by atoms with Gasteiger partial charge in [0.1, 0.15) is 30.2 Å². The second-order valence-corrected chi connectivity index (χ2v) is 8.96. The molecule has 0 bridgehead atoms. The van der Waals surface area contributed by atoms with Gasteiger partial charge in [-0.3, -0.25) is 0 Å². The number of methoxy groups -OCH3 is 2.